The second-order valence-electron chi connectivity index (χ2n) is 4.81. The molecule has 1 aromatic carbocycles. The largest absolute Gasteiger partial charge is 0.309 e. The number of piperidine rings is 1. The molecule has 0 aliphatic carbocycles. The van der Waals surface area contributed by atoms with Gasteiger partial charge in [-0.15, -0.1) is 11.8 Å². The van der Waals surface area contributed by atoms with Gasteiger partial charge in [-0.2, -0.15) is 0 Å². The van der Waals surface area contributed by atoms with Crippen molar-refractivity contribution in [1.82, 2.24) is 5.32 Å². The van der Waals surface area contributed by atoms with Crippen LogP contribution >= 0.6 is 11.8 Å². The van der Waals surface area contributed by atoms with E-state index in [0.717, 1.165) is 37.4 Å². The first-order chi connectivity index (χ1) is 8.86. The number of hydrogen-bond acceptors (Lipinski definition) is 3. The van der Waals surface area contributed by atoms with Crippen LogP contribution in [0, 0.1) is 0 Å². The Morgan fingerprint density at radius 3 is 3.06 bits per heavy atom. The van der Waals surface area contributed by atoms with Crippen molar-refractivity contribution in [1.29, 1.82) is 0 Å². The molecule has 2 heterocycles. The Morgan fingerprint density at radius 1 is 1.33 bits per heavy atom. The van der Waals surface area contributed by atoms with Crippen molar-refractivity contribution in [3.8, 4) is 0 Å². The first-order valence-corrected chi connectivity index (χ1v) is 7.61. The maximum Gasteiger partial charge on any atom is 0.244 e. The number of anilines is 1. The van der Waals surface area contributed by atoms with Crippen LogP contribution in [0.25, 0.3) is 0 Å². The molecule has 4 heteroatoms. The standard InChI is InChI=1S/C14H18N2OS/c17-14(11-5-3-4-8-15-11)16-9-10-18-13-7-2-1-6-12(13)16/h1-2,6-7,11,15H,3-5,8-10H2. The minimum absolute atomic E-state index is 0.0231. The Hall–Kier alpha value is -1.00. The molecule has 0 bridgehead atoms. The molecule has 2 aliphatic heterocycles. The molecule has 1 N–H and O–H groups in total. The summed E-state index contributed by atoms with van der Waals surface area (Å²) >= 11 is 1.84. The minimum atomic E-state index is 0.0231. The van der Waals surface area contributed by atoms with E-state index >= 15 is 0 Å². The van der Waals surface area contributed by atoms with Crippen LogP contribution in [-0.2, 0) is 4.79 Å². The van der Waals surface area contributed by atoms with Crippen LogP contribution in [0.4, 0.5) is 5.69 Å². The zero-order valence-corrected chi connectivity index (χ0v) is 11.2. The summed E-state index contributed by atoms with van der Waals surface area (Å²) in [5.41, 5.74) is 1.09. The lowest BCUT2D eigenvalue weighted by Crippen LogP contribution is -2.50. The smallest absolute Gasteiger partial charge is 0.244 e. The Kier molecular flexibility index (Phi) is 3.57. The number of carbonyl (C=O) groups is 1. The predicted octanol–water partition coefficient (Wildman–Crippen LogP) is 2.27. The molecule has 96 valence electrons. The van der Waals surface area contributed by atoms with Gasteiger partial charge in [0.2, 0.25) is 5.91 Å². The van der Waals surface area contributed by atoms with Gasteiger partial charge in [-0.05, 0) is 31.5 Å². The van der Waals surface area contributed by atoms with Crippen LogP contribution in [0.5, 0.6) is 0 Å². The summed E-state index contributed by atoms with van der Waals surface area (Å²) in [5, 5.41) is 3.35. The zero-order chi connectivity index (χ0) is 12.4. The van der Waals surface area contributed by atoms with Crippen molar-refractivity contribution < 1.29 is 4.79 Å². The number of rotatable bonds is 1. The number of carbonyl (C=O) groups excluding carboxylic acids is 1. The normalized spacial score (nSPS) is 23.6. The summed E-state index contributed by atoms with van der Waals surface area (Å²) in [7, 11) is 0. The molecule has 0 spiro atoms. The Balaban J connectivity index is 1.82. The second kappa shape index (κ2) is 5.33. The molecule has 1 saturated heterocycles. The van der Waals surface area contributed by atoms with Gasteiger partial charge < -0.3 is 10.2 Å². The summed E-state index contributed by atoms with van der Waals surface area (Å²) in [6, 6.07) is 8.24. The molecule has 1 fully saturated rings. The van der Waals surface area contributed by atoms with Gasteiger partial charge in [0.1, 0.15) is 0 Å². The molecule has 1 atom stereocenters. The van der Waals surface area contributed by atoms with Gasteiger partial charge in [-0.1, -0.05) is 18.6 Å². The average Bonchev–Trinajstić information content (AvgIpc) is 2.47. The first kappa shape index (κ1) is 12.1. The maximum atomic E-state index is 12.6. The number of benzene rings is 1. The maximum absolute atomic E-state index is 12.6. The predicted molar refractivity (Wildman–Crippen MR) is 75.2 cm³/mol. The van der Waals surface area contributed by atoms with Crippen LogP contribution < -0.4 is 10.2 Å². The monoisotopic (exact) mass is 262 g/mol. The summed E-state index contributed by atoms with van der Waals surface area (Å²) in [6.07, 6.45) is 3.33. The number of thioether (sulfide) groups is 1. The van der Waals surface area contributed by atoms with E-state index in [0.29, 0.717) is 0 Å². The molecule has 0 radical (unpaired) electrons. The van der Waals surface area contributed by atoms with Crippen LogP contribution in [0.15, 0.2) is 29.2 Å². The van der Waals surface area contributed by atoms with Crippen LogP contribution in [0.1, 0.15) is 19.3 Å². The van der Waals surface area contributed by atoms with Crippen molar-refractivity contribution in [3.05, 3.63) is 24.3 Å². The molecule has 2 aliphatic rings. The van der Waals surface area contributed by atoms with Gasteiger partial charge in [-0.3, -0.25) is 4.79 Å². The Bertz CT molecular complexity index is 443. The zero-order valence-electron chi connectivity index (χ0n) is 10.4. The van der Waals surface area contributed by atoms with E-state index in [9.17, 15) is 4.79 Å². The number of fused-ring (bicyclic) bond motifs is 1. The fraction of sp³-hybridized carbons (Fsp3) is 0.500. The number of nitrogens with zero attached hydrogens (tertiary/aromatic N) is 1. The molecular weight excluding hydrogens is 244 g/mol. The van der Waals surface area contributed by atoms with E-state index < -0.39 is 0 Å². The molecule has 0 aromatic heterocycles. The number of para-hydroxylation sites is 1. The van der Waals surface area contributed by atoms with E-state index in [1.54, 1.807) is 0 Å². The topological polar surface area (TPSA) is 32.3 Å². The fourth-order valence-electron chi connectivity index (χ4n) is 2.65. The average molecular weight is 262 g/mol. The molecule has 1 aromatic rings. The lowest BCUT2D eigenvalue weighted by Gasteiger charge is -2.33. The van der Waals surface area contributed by atoms with Crippen LogP contribution in [0.3, 0.4) is 0 Å². The van der Waals surface area contributed by atoms with Crippen molar-refractivity contribution in [2.24, 2.45) is 0 Å². The molecule has 18 heavy (non-hydrogen) atoms. The lowest BCUT2D eigenvalue weighted by molar-refractivity contribution is -0.121. The second-order valence-corrected chi connectivity index (χ2v) is 5.95. The van der Waals surface area contributed by atoms with Crippen LogP contribution in [-0.4, -0.2) is 30.8 Å². The number of nitrogens with one attached hydrogen (secondary N) is 1. The van der Waals surface area contributed by atoms with Gasteiger partial charge >= 0.3 is 0 Å². The van der Waals surface area contributed by atoms with Crippen molar-refractivity contribution in [2.75, 3.05) is 23.7 Å². The third-order valence-corrected chi connectivity index (χ3v) is 4.65. The van der Waals surface area contributed by atoms with E-state index in [1.807, 2.05) is 28.8 Å². The van der Waals surface area contributed by atoms with Gasteiger partial charge in [0.15, 0.2) is 0 Å². The molecule has 3 rings (SSSR count). The van der Waals surface area contributed by atoms with Gasteiger partial charge in [0.05, 0.1) is 11.7 Å². The minimum Gasteiger partial charge on any atom is -0.309 e. The van der Waals surface area contributed by atoms with E-state index in [2.05, 4.69) is 17.4 Å². The van der Waals surface area contributed by atoms with Gasteiger partial charge in [0.25, 0.3) is 0 Å². The van der Waals surface area contributed by atoms with Gasteiger partial charge in [-0.25, -0.2) is 0 Å². The molecular formula is C14H18N2OS. The number of hydrogen-bond donors (Lipinski definition) is 1. The number of amides is 1. The molecule has 0 saturated carbocycles. The molecule has 1 unspecified atom stereocenters. The lowest BCUT2D eigenvalue weighted by atomic mass is 10.0. The third-order valence-electron chi connectivity index (χ3n) is 3.60. The highest BCUT2D eigenvalue weighted by Crippen LogP contribution is 2.34. The summed E-state index contributed by atoms with van der Waals surface area (Å²) in [5.74, 6) is 1.25. The van der Waals surface area contributed by atoms with Crippen LogP contribution in [0.2, 0.25) is 0 Å². The van der Waals surface area contributed by atoms with Crippen molar-refractivity contribution >= 4 is 23.4 Å². The SMILES string of the molecule is O=C(C1CCCCN1)N1CCSc2ccccc21. The van der Waals surface area contributed by atoms with Crippen molar-refractivity contribution in [2.45, 2.75) is 30.2 Å². The van der Waals surface area contributed by atoms with Crippen molar-refractivity contribution in [3.63, 3.8) is 0 Å². The quantitative estimate of drug-likeness (QED) is 0.842. The molecule has 1 amide bonds. The first-order valence-electron chi connectivity index (χ1n) is 6.63. The van der Waals surface area contributed by atoms with Gasteiger partial charge in [0, 0.05) is 17.2 Å². The summed E-state index contributed by atoms with van der Waals surface area (Å²) < 4.78 is 0. The fourth-order valence-corrected chi connectivity index (χ4v) is 3.64. The molecule has 3 nitrogen and oxygen atoms in total. The summed E-state index contributed by atoms with van der Waals surface area (Å²) in [4.78, 5) is 15.8. The summed E-state index contributed by atoms with van der Waals surface area (Å²) in [6.45, 7) is 1.80. The highest BCUT2D eigenvalue weighted by Gasteiger charge is 2.29. The highest BCUT2D eigenvalue weighted by atomic mass is 32.2. The Morgan fingerprint density at radius 2 is 2.22 bits per heavy atom. The third kappa shape index (κ3) is 2.27. The van der Waals surface area contributed by atoms with E-state index in [4.69, 9.17) is 0 Å². The van der Waals surface area contributed by atoms with E-state index in [1.165, 1.54) is 11.3 Å². The highest BCUT2D eigenvalue weighted by molar-refractivity contribution is 7.99. The Labute approximate surface area is 112 Å². The van der Waals surface area contributed by atoms with E-state index in [-0.39, 0.29) is 11.9 Å².